The van der Waals surface area contributed by atoms with Gasteiger partial charge in [0.2, 0.25) is 0 Å². The van der Waals surface area contributed by atoms with Crippen LogP contribution in [0.15, 0.2) is 0 Å². The summed E-state index contributed by atoms with van der Waals surface area (Å²) in [5.41, 5.74) is 0. The fraction of sp³-hybridized carbons (Fsp3) is 0.900. The molecule has 0 spiro atoms. The normalized spacial score (nSPS) is 24.5. The number of carbonyl (C=O) groups excluding carboxylic acids is 1. The van der Waals surface area contributed by atoms with E-state index in [9.17, 15) is 4.79 Å². The van der Waals surface area contributed by atoms with E-state index in [0.717, 1.165) is 18.8 Å². The van der Waals surface area contributed by atoms with Gasteiger partial charge in [-0.15, -0.1) is 0 Å². The summed E-state index contributed by atoms with van der Waals surface area (Å²) in [5.74, 6) is 1.24. The van der Waals surface area contributed by atoms with Gasteiger partial charge in [-0.3, -0.25) is 4.79 Å². The molecule has 1 fully saturated rings. The van der Waals surface area contributed by atoms with Crippen molar-refractivity contribution in [3.63, 3.8) is 0 Å². The molecule has 1 aliphatic carbocycles. The predicted octanol–water partition coefficient (Wildman–Crippen LogP) is 2.94. The number of ketones is 1. The standard InChI is InChI=1S/C10H18O/c1-2-3-4-5-9-6-7-10(11)8-9/h9H,2-8H2,1H3/t9-/m0/s1. The van der Waals surface area contributed by atoms with Gasteiger partial charge >= 0.3 is 0 Å². The molecule has 1 heteroatoms. The molecule has 0 saturated heterocycles. The Balaban J connectivity index is 2.04. The van der Waals surface area contributed by atoms with Crippen LogP contribution in [0.3, 0.4) is 0 Å². The number of Topliss-reactive ketones (excluding diaryl/α,β-unsaturated/α-hetero) is 1. The third-order valence-corrected chi connectivity index (χ3v) is 2.56. The van der Waals surface area contributed by atoms with Gasteiger partial charge in [-0.2, -0.15) is 0 Å². The van der Waals surface area contributed by atoms with Gasteiger partial charge < -0.3 is 0 Å². The zero-order chi connectivity index (χ0) is 8.10. The summed E-state index contributed by atoms with van der Waals surface area (Å²) < 4.78 is 0. The van der Waals surface area contributed by atoms with E-state index in [1.54, 1.807) is 0 Å². The van der Waals surface area contributed by atoms with Crippen molar-refractivity contribution in [1.29, 1.82) is 0 Å². The number of carbonyl (C=O) groups is 1. The van der Waals surface area contributed by atoms with Crippen LogP contribution in [0.1, 0.15) is 51.9 Å². The van der Waals surface area contributed by atoms with Gasteiger partial charge in [-0.1, -0.05) is 32.6 Å². The second-order valence-electron chi connectivity index (χ2n) is 3.64. The minimum atomic E-state index is 0.492. The maximum atomic E-state index is 10.9. The highest BCUT2D eigenvalue weighted by Crippen LogP contribution is 2.26. The number of hydrogen-bond acceptors (Lipinski definition) is 1. The largest absolute Gasteiger partial charge is 0.300 e. The summed E-state index contributed by atoms with van der Waals surface area (Å²) >= 11 is 0. The Morgan fingerprint density at radius 2 is 2.27 bits per heavy atom. The van der Waals surface area contributed by atoms with Crippen LogP contribution in [0.2, 0.25) is 0 Å². The van der Waals surface area contributed by atoms with Gasteiger partial charge in [0.25, 0.3) is 0 Å². The zero-order valence-corrected chi connectivity index (χ0v) is 7.44. The molecule has 1 atom stereocenters. The molecule has 0 aromatic rings. The van der Waals surface area contributed by atoms with E-state index in [0.29, 0.717) is 5.78 Å². The lowest BCUT2D eigenvalue weighted by Crippen LogP contribution is -1.94. The van der Waals surface area contributed by atoms with Crippen LogP contribution >= 0.6 is 0 Å². The van der Waals surface area contributed by atoms with Crippen LogP contribution in [0.4, 0.5) is 0 Å². The molecule has 64 valence electrons. The average Bonchev–Trinajstić information content (AvgIpc) is 2.37. The quantitative estimate of drug-likeness (QED) is 0.569. The minimum Gasteiger partial charge on any atom is -0.300 e. The van der Waals surface area contributed by atoms with Crippen molar-refractivity contribution in [3.8, 4) is 0 Å². The monoisotopic (exact) mass is 154 g/mol. The Hall–Kier alpha value is -0.330. The molecule has 0 unspecified atom stereocenters. The van der Waals surface area contributed by atoms with Crippen molar-refractivity contribution >= 4 is 5.78 Å². The van der Waals surface area contributed by atoms with E-state index in [1.165, 1.54) is 32.1 Å². The van der Waals surface area contributed by atoms with Gasteiger partial charge in [0, 0.05) is 12.8 Å². The van der Waals surface area contributed by atoms with Crippen LogP contribution in [0.5, 0.6) is 0 Å². The SMILES string of the molecule is CCCCC[C@H]1CCC(=O)C1. The van der Waals surface area contributed by atoms with E-state index >= 15 is 0 Å². The fourth-order valence-electron chi connectivity index (χ4n) is 1.82. The van der Waals surface area contributed by atoms with Crippen LogP contribution in [-0.4, -0.2) is 5.78 Å². The summed E-state index contributed by atoms with van der Waals surface area (Å²) in [6.45, 7) is 2.22. The first-order valence-electron chi connectivity index (χ1n) is 4.84. The molecule has 0 aromatic carbocycles. The molecule has 11 heavy (non-hydrogen) atoms. The molecule has 0 radical (unpaired) electrons. The first-order chi connectivity index (χ1) is 5.33. The summed E-state index contributed by atoms with van der Waals surface area (Å²) in [6.07, 6.45) is 8.16. The molecule has 1 rings (SSSR count). The Kier molecular flexibility index (Phi) is 3.61. The zero-order valence-electron chi connectivity index (χ0n) is 7.44. The maximum Gasteiger partial charge on any atom is 0.133 e. The van der Waals surface area contributed by atoms with Crippen molar-refractivity contribution in [3.05, 3.63) is 0 Å². The molecule has 1 nitrogen and oxygen atoms in total. The molecular weight excluding hydrogens is 136 g/mol. The van der Waals surface area contributed by atoms with Crippen molar-refractivity contribution in [2.75, 3.05) is 0 Å². The lowest BCUT2D eigenvalue weighted by molar-refractivity contribution is -0.117. The molecule has 0 N–H and O–H groups in total. The van der Waals surface area contributed by atoms with Crippen molar-refractivity contribution in [2.24, 2.45) is 5.92 Å². The summed E-state index contributed by atoms with van der Waals surface area (Å²) in [5, 5.41) is 0. The van der Waals surface area contributed by atoms with Crippen molar-refractivity contribution in [2.45, 2.75) is 51.9 Å². The van der Waals surface area contributed by atoms with E-state index in [1.807, 2.05) is 0 Å². The Morgan fingerprint density at radius 3 is 2.82 bits per heavy atom. The first-order valence-corrected chi connectivity index (χ1v) is 4.84. The Labute approximate surface area is 69.2 Å². The highest BCUT2D eigenvalue weighted by atomic mass is 16.1. The van der Waals surface area contributed by atoms with Crippen LogP contribution in [-0.2, 0) is 4.79 Å². The molecule has 0 heterocycles. The first kappa shape index (κ1) is 8.76. The van der Waals surface area contributed by atoms with Crippen LogP contribution < -0.4 is 0 Å². The van der Waals surface area contributed by atoms with E-state index in [-0.39, 0.29) is 0 Å². The molecule has 0 amide bonds. The molecular formula is C10H18O. The highest BCUT2D eigenvalue weighted by molar-refractivity contribution is 5.80. The lowest BCUT2D eigenvalue weighted by atomic mass is 10.0. The van der Waals surface area contributed by atoms with Crippen molar-refractivity contribution in [1.82, 2.24) is 0 Å². The highest BCUT2D eigenvalue weighted by Gasteiger charge is 2.20. The fourth-order valence-corrected chi connectivity index (χ4v) is 1.82. The third kappa shape index (κ3) is 3.04. The second-order valence-corrected chi connectivity index (χ2v) is 3.64. The predicted molar refractivity (Wildman–Crippen MR) is 46.5 cm³/mol. The number of rotatable bonds is 4. The molecule has 0 aromatic heterocycles. The summed E-state index contributed by atoms with van der Waals surface area (Å²) in [7, 11) is 0. The van der Waals surface area contributed by atoms with Crippen LogP contribution in [0.25, 0.3) is 0 Å². The van der Waals surface area contributed by atoms with Gasteiger partial charge in [0.1, 0.15) is 5.78 Å². The Morgan fingerprint density at radius 1 is 1.45 bits per heavy atom. The average molecular weight is 154 g/mol. The van der Waals surface area contributed by atoms with Crippen LogP contribution in [0, 0.1) is 5.92 Å². The number of unbranched alkanes of at least 4 members (excludes halogenated alkanes) is 2. The third-order valence-electron chi connectivity index (χ3n) is 2.56. The minimum absolute atomic E-state index is 0.492. The van der Waals surface area contributed by atoms with Gasteiger partial charge in [-0.25, -0.2) is 0 Å². The van der Waals surface area contributed by atoms with Gasteiger partial charge in [-0.05, 0) is 12.3 Å². The Bertz CT molecular complexity index is 129. The topological polar surface area (TPSA) is 17.1 Å². The molecule has 1 saturated carbocycles. The summed E-state index contributed by atoms with van der Waals surface area (Å²) in [4.78, 5) is 10.9. The number of hydrogen-bond donors (Lipinski definition) is 0. The van der Waals surface area contributed by atoms with Crippen molar-refractivity contribution < 1.29 is 4.79 Å². The van der Waals surface area contributed by atoms with E-state index in [4.69, 9.17) is 0 Å². The molecule has 0 bridgehead atoms. The van der Waals surface area contributed by atoms with Gasteiger partial charge in [0.15, 0.2) is 0 Å². The lowest BCUT2D eigenvalue weighted by Gasteiger charge is -2.05. The molecule has 0 aliphatic heterocycles. The van der Waals surface area contributed by atoms with E-state index in [2.05, 4.69) is 6.92 Å². The smallest absolute Gasteiger partial charge is 0.133 e. The van der Waals surface area contributed by atoms with E-state index < -0.39 is 0 Å². The van der Waals surface area contributed by atoms with Gasteiger partial charge in [0.05, 0.1) is 0 Å². The summed E-state index contributed by atoms with van der Waals surface area (Å²) in [6, 6.07) is 0. The maximum absolute atomic E-state index is 10.9. The second kappa shape index (κ2) is 4.53. The molecule has 1 aliphatic rings.